The van der Waals surface area contributed by atoms with Gasteiger partial charge < -0.3 is 9.47 Å². The third-order valence-electron chi connectivity index (χ3n) is 2.96. The van der Waals surface area contributed by atoms with E-state index in [1.54, 1.807) is 26.4 Å². The van der Waals surface area contributed by atoms with Gasteiger partial charge in [-0.15, -0.1) is 0 Å². The average molecular weight is 295 g/mol. The molecule has 105 valence electrons. The molecule has 0 N–H and O–H groups in total. The second-order valence-corrected chi connectivity index (χ2v) is 5.64. The number of carbonyl (C=O) groups is 1. The van der Waals surface area contributed by atoms with E-state index in [1.165, 1.54) is 5.56 Å². The van der Waals surface area contributed by atoms with Crippen LogP contribution in [-0.4, -0.2) is 38.6 Å². The van der Waals surface area contributed by atoms with Crippen molar-refractivity contribution in [1.82, 2.24) is 0 Å². The van der Waals surface area contributed by atoms with Crippen molar-refractivity contribution in [3.63, 3.8) is 0 Å². The van der Waals surface area contributed by atoms with Crippen LogP contribution in [0, 0.1) is 6.92 Å². The summed E-state index contributed by atoms with van der Waals surface area (Å²) >= 11 is 0. The first-order valence-electron chi connectivity index (χ1n) is 6.24. The molecule has 0 heterocycles. The van der Waals surface area contributed by atoms with Crippen molar-refractivity contribution in [2.24, 2.45) is 0 Å². The largest absolute Gasteiger partial charge is 0.496 e. The summed E-state index contributed by atoms with van der Waals surface area (Å²) in [5, 5.41) is 1.01. The fraction of sp³-hybridized carbons (Fsp3) is 0.188. The zero-order valence-corrected chi connectivity index (χ0v) is 13.8. The van der Waals surface area contributed by atoms with Crippen molar-refractivity contribution in [3.8, 4) is 11.5 Å². The maximum Gasteiger partial charge on any atom is 0.193 e. The molecule has 21 heavy (non-hydrogen) atoms. The molecule has 0 fully saturated rings. The summed E-state index contributed by atoms with van der Waals surface area (Å²) in [6.45, 7) is 2.03. The van der Waals surface area contributed by atoms with Crippen LogP contribution in [0.4, 0.5) is 0 Å². The quantitative estimate of drug-likeness (QED) is 0.628. The molecule has 1 unspecified atom stereocenters. The van der Waals surface area contributed by atoms with E-state index in [4.69, 9.17) is 9.47 Å². The van der Waals surface area contributed by atoms with E-state index < -0.39 is 0 Å². The molecule has 0 aliphatic heterocycles. The first-order chi connectivity index (χ1) is 9.65. The van der Waals surface area contributed by atoms with E-state index in [9.17, 15) is 4.79 Å². The molecule has 5 heteroatoms. The molecule has 2 aromatic carbocycles. The van der Waals surface area contributed by atoms with Gasteiger partial charge in [-0.1, -0.05) is 35.9 Å². The predicted molar refractivity (Wildman–Crippen MR) is 88.8 cm³/mol. The summed E-state index contributed by atoms with van der Waals surface area (Å²) in [6.07, 6.45) is 0. The summed E-state index contributed by atoms with van der Waals surface area (Å²) in [5.74, 6) is 1.10. The number of hydrogen-bond acceptors (Lipinski definition) is 3. The van der Waals surface area contributed by atoms with E-state index >= 15 is 0 Å². The van der Waals surface area contributed by atoms with Crippen LogP contribution >= 0.6 is 8.58 Å². The zero-order chi connectivity index (χ0) is 14.5. The van der Waals surface area contributed by atoms with Crippen molar-refractivity contribution in [2.45, 2.75) is 6.92 Å². The Morgan fingerprint density at radius 1 is 0.952 bits per heavy atom. The van der Waals surface area contributed by atoms with Gasteiger partial charge in [0.2, 0.25) is 0 Å². The molecule has 0 amide bonds. The maximum absolute atomic E-state index is 12.5. The van der Waals surface area contributed by atoms with Gasteiger partial charge in [-0.3, -0.25) is 4.79 Å². The number of aryl methyl sites for hydroxylation is 1. The normalized spacial score (nSPS) is 10.2. The molecule has 0 bridgehead atoms. The zero-order valence-electron chi connectivity index (χ0n) is 12.8. The SMILES string of the molecule is COc1cccc(OC)c1C(=O)Pc1ccc(C)cc1.[Li]. The van der Waals surface area contributed by atoms with E-state index in [1.807, 2.05) is 37.3 Å². The van der Waals surface area contributed by atoms with E-state index in [-0.39, 0.29) is 33.0 Å². The molecule has 0 saturated carbocycles. The predicted octanol–water partition coefficient (Wildman–Crippen LogP) is 2.78. The molecule has 0 saturated heterocycles. The van der Waals surface area contributed by atoms with Crippen LogP contribution in [0.1, 0.15) is 15.9 Å². The van der Waals surface area contributed by atoms with Crippen LogP contribution in [0.2, 0.25) is 0 Å². The minimum Gasteiger partial charge on any atom is -0.496 e. The maximum atomic E-state index is 12.5. The Morgan fingerprint density at radius 2 is 1.48 bits per heavy atom. The Morgan fingerprint density at radius 3 is 1.95 bits per heavy atom. The molecule has 1 radical (unpaired) electrons. The Kier molecular flexibility index (Phi) is 6.98. The fourth-order valence-electron chi connectivity index (χ4n) is 1.91. The van der Waals surface area contributed by atoms with Crippen LogP contribution in [0.5, 0.6) is 11.5 Å². The van der Waals surface area contributed by atoms with Gasteiger partial charge in [0.1, 0.15) is 17.1 Å². The third kappa shape index (κ3) is 4.35. The molecule has 0 aliphatic carbocycles. The molecule has 0 aliphatic rings. The number of carbonyl (C=O) groups excluding carboxylic acids is 1. The van der Waals surface area contributed by atoms with Crippen molar-refractivity contribution in [2.75, 3.05) is 14.2 Å². The second-order valence-electron chi connectivity index (χ2n) is 4.36. The Labute approximate surface area is 139 Å². The molecular formula is C16H17LiO3P. The van der Waals surface area contributed by atoms with Crippen molar-refractivity contribution in [1.29, 1.82) is 0 Å². The Bertz CT molecular complexity index is 589. The van der Waals surface area contributed by atoms with Gasteiger partial charge in [0, 0.05) is 18.9 Å². The minimum atomic E-state index is 0. The van der Waals surface area contributed by atoms with Crippen LogP contribution in [-0.2, 0) is 0 Å². The Hall–Kier alpha value is -1.26. The fourth-order valence-corrected chi connectivity index (χ4v) is 2.87. The van der Waals surface area contributed by atoms with Gasteiger partial charge >= 0.3 is 0 Å². The summed E-state index contributed by atoms with van der Waals surface area (Å²) in [7, 11) is 3.16. The standard InChI is InChI=1S/C16H17O3P.Li/c1-11-7-9-12(10-8-11)20-16(17)15-13(18-2)5-4-6-14(15)19-3;/h4-10,20H,1-3H3;. The summed E-state index contributed by atoms with van der Waals surface area (Å²) in [4.78, 5) is 12.5. The van der Waals surface area contributed by atoms with Crippen molar-refractivity contribution < 1.29 is 14.3 Å². The van der Waals surface area contributed by atoms with E-state index in [0.29, 0.717) is 17.1 Å². The Balaban J connectivity index is 0.00000220. The van der Waals surface area contributed by atoms with E-state index in [0.717, 1.165) is 5.30 Å². The molecule has 1 atom stereocenters. The topological polar surface area (TPSA) is 35.5 Å². The smallest absolute Gasteiger partial charge is 0.193 e. The number of ether oxygens (including phenoxy) is 2. The van der Waals surface area contributed by atoms with Crippen LogP contribution in [0.15, 0.2) is 42.5 Å². The van der Waals surface area contributed by atoms with Crippen LogP contribution in [0.25, 0.3) is 0 Å². The first-order valence-corrected chi connectivity index (χ1v) is 7.24. The van der Waals surface area contributed by atoms with Gasteiger partial charge in [-0.05, 0) is 32.9 Å². The molecule has 3 nitrogen and oxygen atoms in total. The molecule has 0 aromatic heterocycles. The monoisotopic (exact) mass is 295 g/mol. The van der Waals surface area contributed by atoms with Gasteiger partial charge in [-0.2, -0.15) is 0 Å². The van der Waals surface area contributed by atoms with Crippen LogP contribution < -0.4 is 14.8 Å². The summed E-state index contributed by atoms with van der Waals surface area (Å²) in [5.41, 5.74) is 1.71. The number of methoxy groups -OCH3 is 2. The van der Waals surface area contributed by atoms with Gasteiger partial charge in [0.15, 0.2) is 5.52 Å². The molecule has 2 aromatic rings. The first kappa shape index (κ1) is 17.8. The van der Waals surface area contributed by atoms with E-state index in [2.05, 4.69) is 0 Å². The number of rotatable bonds is 5. The number of benzene rings is 2. The minimum absolute atomic E-state index is 0. The average Bonchev–Trinajstić information content (AvgIpc) is 2.48. The van der Waals surface area contributed by atoms with Crippen molar-refractivity contribution in [3.05, 3.63) is 53.6 Å². The third-order valence-corrected chi connectivity index (χ3v) is 4.06. The summed E-state index contributed by atoms with van der Waals surface area (Å²) < 4.78 is 10.5. The van der Waals surface area contributed by atoms with Gasteiger partial charge in [0.25, 0.3) is 0 Å². The second kappa shape index (κ2) is 8.25. The van der Waals surface area contributed by atoms with Crippen LogP contribution in [0.3, 0.4) is 0 Å². The summed E-state index contributed by atoms with van der Waals surface area (Å²) in [6, 6.07) is 13.3. The van der Waals surface area contributed by atoms with Gasteiger partial charge in [-0.25, -0.2) is 0 Å². The van der Waals surface area contributed by atoms with Crippen molar-refractivity contribution >= 4 is 38.3 Å². The van der Waals surface area contributed by atoms with Gasteiger partial charge in [0.05, 0.1) is 14.2 Å². The molecular weight excluding hydrogens is 278 g/mol. The molecule has 0 spiro atoms. The number of hydrogen-bond donors (Lipinski definition) is 0. The molecule has 2 rings (SSSR count).